The number of hydrogen-bond donors (Lipinski definition) is 0. The molecule has 0 aromatic rings. The van der Waals surface area contributed by atoms with Crippen molar-refractivity contribution in [3.8, 4) is 0 Å². The number of esters is 3. The average molecular weight is 717 g/mol. The van der Waals surface area contributed by atoms with Gasteiger partial charge in [-0.05, 0) is 77.0 Å². The van der Waals surface area contributed by atoms with Crippen LogP contribution in [0.15, 0.2) is 36.5 Å². The lowest BCUT2D eigenvalue weighted by molar-refractivity contribution is -0.167. The Kier molecular flexibility index (Phi) is 38.5. The molecule has 0 N–H and O–H groups in total. The van der Waals surface area contributed by atoms with Crippen molar-refractivity contribution in [2.75, 3.05) is 13.2 Å². The molecule has 0 spiro atoms. The second-order valence-electron chi connectivity index (χ2n) is 14.2. The van der Waals surface area contributed by atoms with Gasteiger partial charge in [0.2, 0.25) is 0 Å². The number of allylic oxidation sites excluding steroid dienone is 6. The normalized spacial score (nSPS) is 11.8. The van der Waals surface area contributed by atoms with E-state index in [9.17, 15) is 14.4 Å². The van der Waals surface area contributed by atoms with Gasteiger partial charge in [0.1, 0.15) is 13.2 Å². The quantitative estimate of drug-likeness (QED) is 0.0274. The second kappa shape index (κ2) is 40.4. The third kappa shape index (κ3) is 38.7. The van der Waals surface area contributed by atoms with Crippen molar-refractivity contribution in [3.05, 3.63) is 36.5 Å². The lowest BCUT2D eigenvalue weighted by Crippen LogP contribution is -2.30. The maximum atomic E-state index is 12.7. The van der Waals surface area contributed by atoms with Gasteiger partial charge in [-0.3, -0.25) is 14.4 Å². The smallest absolute Gasteiger partial charge is 0.306 e. The van der Waals surface area contributed by atoms with Crippen molar-refractivity contribution in [1.29, 1.82) is 0 Å². The highest BCUT2D eigenvalue weighted by Crippen LogP contribution is 2.13. The van der Waals surface area contributed by atoms with Crippen LogP contribution in [0.2, 0.25) is 0 Å². The van der Waals surface area contributed by atoms with Gasteiger partial charge in [0.05, 0.1) is 0 Å². The molecule has 0 aliphatic heterocycles. The van der Waals surface area contributed by atoms with Gasteiger partial charge in [0.15, 0.2) is 6.10 Å². The van der Waals surface area contributed by atoms with Crippen molar-refractivity contribution in [2.45, 2.75) is 219 Å². The van der Waals surface area contributed by atoms with Crippen molar-refractivity contribution in [1.82, 2.24) is 0 Å². The van der Waals surface area contributed by atoms with E-state index in [0.29, 0.717) is 19.3 Å². The predicted molar refractivity (Wildman–Crippen MR) is 215 cm³/mol. The summed E-state index contributed by atoms with van der Waals surface area (Å²) in [6.07, 6.45) is 44.1. The molecule has 0 aromatic heterocycles. The van der Waals surface area contributed by atoms with Gasteiger partial charge in [-0.15, -0.1) is 0 Å². The van der Waals surface area contributed by atoms with Crippen LogP contribution in [0.5, 0.6) is 0 Å². The van der Waals surface area contributed by atoms with Gasteiger partial charge in [0.25, 0.3) is 0 Å². The van der Waals surface area contributed by atoms with Crippen LogP contribution in [0.4, 0.5) is 0 Å². The zero-order valence-electron chi connectivity index (χ0n) is 33.6. The van der Waals surface area contributed by atoms with Gasteiger partial charge in [0, 0.05) is 19.3 Å². The zero-order valence-corrected chi connectivity index (χ0v) is 33.6. The predicted octanol–water partition coefficient (Wildman–Crippen LogP) is 13.4. The van der Waals surface area contributed by atoms with Crippen LogP contribution in [-0.4, -0.2) is 37.2 Å². The number of unbranched alkanes of at least 4 members (excludes halogenated alkanes) is 21. The molecule has 296 valence electrons. The highest BCUT2D eigenvalue weighted by molar-refractivity contribution is 5.71. The van der Waals surface area contributed by atoms with E-state index in [1.54, 1.807) is 0 Å². The second-order valence-corrected chi connectivity index (χ2v) is 14.2. The van der Waals surface area contributed by atoms with E-state index in [1.807, 2.05) is 0 Å². The third-order valence-corrected chi connectivity index (χ3v) is 9.09. The Balaban J connectivity index is 4.41. The van der Waals surface area contributed by atoms with E-state index >= 15 is 0 Å². The maximum Gasteiger partial charge on any atom is 0.306 e. The fraction of sp³-hybridized carbons (Fsp3) is 0.800. The standard InChI is InChI=1S/C45H80O6/c1-4-7-10-13-16-19-22-25-28-31-34-37-43(46)49-40-42(51-45(48)39-36-33-30-27-24-21-18-15-12-9-6-3)41-50-44(47)38-35-32-29-26-23-20-17-14-11-8-5-2/h13-18,42H,4-12,19-41H2,1-3H3/b16-13-,17-14-,18-15-. The molecular formula is C45H80O6. The number of carbonyl (C=O) groups excluding carboxylic acids is 3. The first-order valence-corrected chi connectivity index (χ1v) is 21.5. The average Bonchev–Trinajstić information content (AvgIpc) is 3.12. The van der Waals surface area contributed by atoms with E-state index in [4.69, 9.17) is 14.2 Å². The summed E-state index contributed by atoms with van der Waals surface area (Å²) in [5.41, 5.74) is 0. The summed E-state index contributed by atoms with van der Waals surface area (Å²) >= 11 is 0. The van der Waals surface area contributed by atoms with Crippen LogP contribution >= 0.6 is 0 Å². The van der Waals surface area contributed by atoms with Gasteiger partial charge >= 0.3 is 17.9 Å². The maximum absolute atomic E-state index is 12.7. The Bertz CT molecular complexity index is 828. The van der Waals surface area contributed by atoms with E-state index in [1.165, 1.54) is 89.9 Å². The largest absolute Gasteiger partial charge is 0.462 e. The van der Waals surface area contributed by atoms with Crippen LogP contribution in [0, 0.1) is 0 Å². The summed E-state index contributed by atoms with van der Waals surface area (Å²) in [5, 5.41) is 0. The highest BCUT2D eigenvalue weighted by Gasteiger charge is 2.19. The summed E-state index contributed by atoms with van der Waals surface area (Å²) < 4.78 is 16.6. The fourth-order valence-corrected chi connectivity index (χ4v) is 5.74. The van der Waals surface area contributed by atoms with Gasteiger partial charge < -0.3 is 14.2 Å². The lowest BCUT2D eigenvalue weighted by Gasteiger charge is -2.18. The number of hydrogen-bond acceptors (Lipinski definition) is 6. The molecule has 6 nitrogen and oxygen atoms in total. The Morgan fingerprint density at radius 3 is 0.980 bits per heavy atom. The SMILES string of the molecule is CCCC/C=C\CCCCCCCC(=O)OCC(COC(=O)CCCCCCC/C=C\CCCC)OC(=O)CCCCCCC/C=C\CCCC. The molecule has 51 heavy (non-hydrogen) atoms. The Labute approximate surface area is 315 Å². The highest BCUT2D eigenvalue weighted by atomic mass is 16.6. The lowest BCUT2D eigenvalue weighted by atomic mass is 10.1. The molecular weight excluding hydrogens is 636 g/mol. The number of ether oxygens (including phenoxy) is 3. The molecule has 0 amide bonds. The molecule has 0 bridgehead atoms. The first kappa shape index (κ1) is 48.6. The van der Waals surface area contributed by atoms with Crippen LogP contribution in [-0.2, 0) is 28.6 Å². The van der Waals surface area contributed by atoms with Crippen LogP contribution in [0.25, 0.3) is 0 Å². The molecule has 0 saturated carbocycles. The van der Waals surface area contributed by atoms with Crippen molar-refractivity contribution < 1.29 is 28.6 Å². The minimum atomic E-state index is -0.777. The van der Waals surface area contributed by atoms with Crippen molar-refractivity contribution in [2.24, 2.45) is 0 Å². The molecule has 0 saturated heterocycles. The fourth-order valence-electron chi connectivity index (χ4n) is 5.74. The minimum absolute atomic E-state index is 0.0825. The summed E-state index contributed by atoms with van der Waals surface area (Å²) in [5.74, 6) is -0.915. The summed E-state index contributed by atoms with van der Waals surface area (Å²) in [4.78, 5) is 37.6. The van der Waals surface area contributed by atoms with Gasteiger partial charge in [-0.1, -0.05) is 154 Å². The third-order valence-electron chi connectivity index (χ3n) is 9.09. The molecule has 6 heteroatoms. The first-order chi connectivity index (χ1) is 25.0. The summed E-state index contributed by atoms with van der Waals surface area (Å²) in [6.45, 7) is 6.48. The molecule has 0 radical (unpaired) electrons. The summed E-state index contributed by atoms with van der Waals surface area (Å²) in [7, 11) is 0. The molecule has 0 atom stereocenters. The van der Waals surface area contributed by atoms with E-state index in [-0.39, 0.29) is 31.1 Å². The molecule has 0 heterocycles. The zero-order chi connectivity index (χ0) is 37.3. The molecule has 0 rings (SSSR count). The number of carbonyl (C=O) groups is 3. The van der Waals surface area contributed by atoms with Crippen molar-refractivity contribution in [3.63, 3.8) is 0 Å². The van der Waals surface area contributed by atoms with Gasteiger partial charge in [-0.25, -0.2) is 0 Å². The summed E-state index contributed by atoms with van der Waals surface area (Å²) in [6, 6.07) is 0. The van der Waals surface area contributed by atoms with Gasteiger partial charge in [-0.2, -0.15) is 0 Å². The topological polar surface area (TPSA) is 78.9 Å². The van der Waals surface area contributed by atoms with E-state index < -0.39 is 6.10 Å². The number of rotatable bonds is 38. The minimum Gasteiger partial charge on any atom is -0.462 e. The molecule has 0 aliphatic carbocycles. The molecule has 0 aromatic carbocycles. The van der Waals surface area contributed by atoms with Crippen LogP contribution in [0.3, 0.4) is 0 Å². The Morgan fingerprint density at radius 2 is 0.647 bits per heavy atom. The van der Waals surface area contributed by atoms with E-state index in [0.717, 1.165) is 83.5 Å². The first-order valence-electron chi connectivity index (χ1n) is 21.5. The van der Waals surface area contributed by atoms with E-state index in [2.05, 4.69) is 57.2 Å². The molecule has 0 aliphatic rings. The Hall–Kier alpha value is -2.37. The van der Waals surface area contributed by atoms with Crippen LogP contribution < -0.4 is 0 Å². The molecule has 0 fully saturated rings. The van der Waals surface area contributed by atoms with Crippen molar-refractivity contribution >= 4 is 17.9 Å². The van der Waals surface area contributed by atoms with Crippen LogP contribution in [0.1, 0.15) is 213 Å². The molecule has 0 unspecified atom stereocenters. The monoisotopic (exact) mass is 717 g/mol. The Morgan fingerprint density at radius 1 is 0.373 bits per heavy atom.